The molecule has 1 amide bonds. The standard InChI is InChI=1S/C19H21NO2/c1-19(2)16-11-7-6-10-15(16)17(21)20(18(19)22)13-12-14-8-4-3-5-9-14/h3-11,18,22H,12-13H2,1-2H3. The van der Waals surface area contributed by atoms with Gasteiger partial charge in [0.1, 0.15) is 6.23 Å². The maximum atomic E-state index is 12.7. The van der Waals surface area contributed by atoms with Gasteiger partial charge in [-0.15, -0.1) is 0 Å². The van der Waals surface area contributed by atoms with Crippen molar-refractivity contribution in [3.05, 3.63) is 71.3 Å². The van der Waals surface area contributed by atoms with Crippen LogP contribution in [0.3, 0.4) is 0 Å². The summed E-state index contributed by atoms with van der Waals surface area (Å²) in [7, 11) is 0. The summed E-state index contributed by atoms with van der Waals surface area (Å²) in [5.74, 6) is -0.0849. The Labute approximate surface area is 131 Å². The number of rotatable bonds is 3. The molecule has 1 aliphatic heterocycles. The van der Waals surface area contributed by atoms with Gasteiger partial charge in [-0.1, -0.05) is 62.4 Å². The van der Waals surface area contributed by atoms with Crippen LogP contribution < -0.4 is 0 Å². The van der Waals surface area contributed by atoms with Crippen molar-refractivity contribution in [3.8, 4) is 0 Å². The highest BCUT2D eigenvalue weighted by Gasteiger charge is 2.43. The fourth-order valence-corrected chi connectivity index (χ4v) is 3.14. The Kier molecular flexibility index (Phi) is 3.75. The van der Waals surface area contributed by atoms with Crippen LogP contribution in [0.4, 0.5) is 0 Å². The van der Waals surface area contributed by atoms with Gasteiger partial charge in [-0.05, 0) is 23.6 Å². The van der Waals surface area contributed by atoms with Crippen LogP contribution in [-0.2, 0) is 11.8 Å². The first kappa shape index (κ1) is 14.8. The smallest absolute Gasteiger partial charge is 0.256 e. The van der Waals surface area contributed by atoms with Crippen LogP contribution >= 0.6 is 0 Å². The monoisotopic (exact) mass is 295 g/mol. The summed E-state index contributed by atoms with van der Waals surface area (Å²) in [6.45, 7) is 4.48. The molecule has 0 spiro atoms. The van der Waals surface area contributed by atoms with Crippen molar-refractivity contribution < 1.29 is 9.90 Å². The first-order valence-corrected chi connectivity index (χ1v) is 7.64. The number of carbonyl (C=O) groups excluding carboxylic acids is 1. The third-order valence-electron chi connectivity index (χ3n) is 4.54. The molecular formula is C19H21NO2. The Bertz CT molecular complexity index is 679. The summed E-state index contributed by atoms with van der Waals surface area (Å²) >= 11 is 0. The summed E-state index contributed by atoms with van der Waals surface area (Å²) in [4.78, 5) is 14.3. The lowest BCUT2D eigenvalue weighted by Crippen LogP contribution is -2.55. The zero-order valence-electron chi connectivity index (χ0n) is 13.0. The second-order valence-corrected chi connectivity index (χ2v) is 6.38. The molecule has 0 saturated heterocycles. The molecule has 0 aromatic heterocycles. The molecular weight excluding hydrogens is 274 g/mol. The Morgan fingerprint density at radius 2 is 1.68 bits per heavy atom. The SMILES string of the molecule is CC1(C)c2ccccc2C(=O)N(CCc2ccccc2)C1O. The van der Waals surface area contributed by atoms with E-state index in [1.807, 2.05) is 68.4 Å². The largest absolute Gasteiger partial charge is 0.373 e. The van der Waals surface area contributed by atoms with Gasteiger partial charge in [0.25, 0.3) is 5.91 Å². The predicted octanol–water partition coefficient (Wildman–Crippen LogP) is 2.98. The summed E-state index contributed by atoms with van der Waals surface area (Å²) in [6.07, 6.45) is -0.0689. The second-order valence-electron chi connectivity index (χ2n) is 6.38. The molecule has 0 bridgehead atoms. The molecule has 1 aliphatic rings. The number of nitrogens with zero attached hydrogens (tertiary/aromatic N) is 1. The van der Waals surface area contributed by atoms with E-state index in [1.165, 1.54) is 5.56 Å². The molecule has 0 radical (unpaired) electrons. The van der Waals surface area contributed by atoms with E-state index in [0.29, 0.717) is 12.1 Å². The van der Waals surface area contributed by atoms with Crippen LogP contribution in [0.2, 0.25) is 0 Å². The highest BCUT2D eigenvalue weighted by Crippen LogP contribution is 2.37. The van der Waals surface area contributed by atoms with Crippen LogP contribution in [0.1, 0.15) is 35.3 Å². The minimum Gasteiger partial charge on any atom is -0.373 e. The van der Waals surface area contributed by atoms with E-state index in [0.717, 1.165) is 12.0 Å². The van der Waals surface area contributed by atoms with Gasteiger partial charge >= 0.3 is 0 Å². The minimum absolute atomic E-state index is 0.0849. The van der Waals surface area contributed by atoms with Crippen molar-refractivity contribution in [3.63, 3.8) is 0 Å². The molecule has 1 heterocycles. The van der Waals surface area contributed by atoms with Crippen molar-refractivity contribution >= 4 is 5.91 Å². The highest BCUT2D eigenvalue weighted by molar-refractivity contribution is 5.97. The second kappa shape index (κ2) is 5.58. The molecule has 22 heavy (non-hydrogen) atoms. The quantitative estimate of drug-likeness (QED) is 0.945. The van der Waals surface area contributed by atoms with E-state index < -0.39 is 11.6 Å². The van der Waals surface area contributed by atoms with Gasteiger partial charge in [0.05, 0.1) is 0 Å². The first-order valence-electron chi connectivity index (χ1n) is 7.64. The molecule has 1 unspecified atom stereocenters. The lowest BCUT2D eigenvalue weighted by atomic mass is 9.76. The topological polar surface area (TPSA) is 40.5 Å². The van der Waals surface area contributed by atoms with E-state index in [4.69, 9.17) is 0 Å². The summed E-state index contributed by atoms with van der Waals surface area (Å²) in [5, 5.41) is 10.7. The Hall–Kier alpha value is -2.13. The number of hydrogen-bond acceptors (Lipinski definition) is 2. The number of carbonyl (C=O) groups is 1. The summed E-state index contributed by atoms with van der Waals surface area (Å²) in [6, 6.07) is 17.6. The molecule has 0 fully saturated rings. The zero-order chi connectivity index (χ0) is 15.7. The van der Waals surface area contributed by atoms with Crippen molar-refractivity contribution in [2.24, 2.45) is 0 Å². The van der Waals surface area contributed by atoms with Gasteiger partial charge in [0, 0.05) is 17.5 Å². The number of aliphatic hydroxyl groups is 1. The van der Waals surface area contributed by atoms with Crippen molar-refractivity contribution in [1.29, 1.82) is 0 Å². The van der Waals surface area contributed by atoms with Gasteiger partial charge in [-0.3, -0.25) is 4.79 Å². The van der Waals surface area contributed by atoms with E-state index in [9.17, 15) is 9.90 Å². The van der Waals surface area contributed by atoms with Crippen LogP contribution in [0.5, 0.6) is 0 Å². The number of benzene rings is 2. The molecule has 3 nitrogen and oxygen atoms in total. The molecule has 1 atom stereocenters. The Morgan fingerprint density at radius 3 is 2.41 bits per heavy atom. The van der Waals surface area contributed by atoms with Crippen LogP contribution in [0.15, 0.2) is 54.6 Å². The van der Waals surface area contributed by atoms with E-state index in [2.05, 4.69) is 0 Å². The van der Waals surface area contributed by atoms with Crippen molar-refractivity contribution in [2.75, 3.05) is 6.54 Å². The average molecular weight is 295 g/mol. The molecule has 3 heteroatoms. The number of fused-ring (bicyclic) bond motifs is 1. The van der Waals surface area contributed by atoms with Crippen LogP contribution in [0.25, 0.3) is 0 Å². The molecule has 3 rings (SSSR count). The third kappa shape index (κ3) is 2.42. The number of aliphatic hydroxyl groups excluding tert-OH is 1. The maximum Gasteiger partial charge on any atom is 0.256 e. The normalized spacial score (nSPS) is 19.9. The Morgan fingerprint density at radius 1 is 1.05 bits per heavy atom. The lowest BCUT2D eigenvalue weighted by molar-refractivity contribution is -0.0379. The van der Waals surface area contributed by atoms with Gasteiger partial charge in [-0.2, -0.15) is 0 Å². The van der Waals surface area contributed by atoms with E-state index in [-0.39, 0.29) is 5.91 Å². The molecule has 114 valence electrons. The van der Waals surface area contributed by atoms with E-state index >= 15 is 0 Å². The molecule has 2 aromatic carbocycles. The summed E-state index contributed by atoms with van der Waals surface area (Å²) < 4.78 is 0. The third-order valence-corrected chi connectivity index (χ3v) is 4.54. The van der Waals surface area contributed by atoms with Gasteiger partial charge in [-0.25, -0.2) is 0 Å². The molecule has 0 aliphatic carbocycles. The van der Waals surface area contributed by atoms with Crippen molar-refractivity contribution in [2.45, 2.75) is 31.9 Å². The fourth-order valence-electron chi connectivity index (χ4n) is 3.14. The highest BCUT2D eigenvalue weighted by atomic mass is 16.3. The summed E-state index contributed by atoms with van der Waals surface area (Å²) in [5.41, 5.74) is 2.31. The zero-order valence-corrected chi connectivity index (χ0v) is 13.0. The Balaban J connectivity index is 1.88. The van der Waals surface area contributed by atoms with Gasteiger partial charge in [0.2, 0.25) is 0 Å². The first-order chi connectivity index (χ1) is 10.5. The number of hydrogen-bond donors (Lipinski definition) is 1. The molecule has 0 saturated carbocycles. The van der Waals surface area contributed by atoms with Gasteiger partial charge in [0.15, 0.2) is 0 Å². The number of amides is 1. The maximum absolute atomic E-state index is 12.7. The predicted molar refractivity (Wildman–Crippen MR) is 86.7 cm³/mol. The molecule has 1 N–H and O–H groups in total. The lowest BCUT2D eigenvalue weighted by Gasteiger charge is -2.44. The van der Waals surface area contributed by atoms with Crippen molar-refractivity contribution in [1.82, 2.24) is 4.90 Å². The molecule has 2 aromatic rings. The van der Waals surface area contributed by atoms with E-state index in [1.54, 1.807) is 4.90 Å². The average Bonchev–Trinajstić information content (AvgIpc) is 2.54. The van der Waals surface area contributed by atoms with Crippen LogP contribution in [0, 0.1) is 0 Å². The van der Waals surface area contributed by atoms with Gasteiger partial charge < -0.3 is 10.0 Å². The van der Waals surface area contributed by atoms with Crippen LogP contribution in [-0.4, -0.2) is 28.7 Å². The fraction of sp³-hybridized carbons (Fsp3) is 0.316. The minimum atomic E-state index is -0.807.